The van der Waals surface area contributed by atoms with Crippen molar-refractivity contribution in [1.82, 2.24) is 14.2 Å². The number of hydrogen-bond donors (Lipinski definition) is 1. The molecule has 0 bridgehead atoms. The fourth-order valence-corrected chi connectivity index (χ4v) is 3.23. The zero-order chi connectivity index (χ0) is 21.1. The van der Waals surface area contributed by atoms with E-state index in [1.165, 1.54) is 9.08 Å². The monoisotopic (exact) mass is 422 g/mol. The van der Waals surface area contributed by atoms with Crippen molar-refractivity contribution >= 4 is 28.7 Å². The largest absolute Gasteiger partial charge is 0.492 e. The first-order valence-electron chi connectivity index (χ1n) is 9.41. The third kappa shape index (κ3) is 4.06. The molecule has 2 aromatic heterocycles. The van der Waals surface area contributed by atoms with Crippen LogP contribution in [0.2, 0.25) is 5.02 Å². The van der Waals surface area contributed by atoms with E-state index in [-0.39, 0.29) is 18.0 Å². The summed E-state index contributed by atoms with van der Waals surface area (Å²) in [5.74, 6) is 0.255. The van der Waals surface area contributed by atoms with E-state index in [1.807, 2.05) is 25.1 Å². The van der Waals surface area contributed by atoms with E-state index < -0.39 is 0 Å². The highest BCUT2D eigenvalue weighted by Gasteiger charge is 2.13. The highest BCUT2D eigenvalue weighted by Crippen LogP contribution is 2.24. The topological polar surface area (TPSA) is 77.6 Å². The van der Waals surface area contributed by atoms with Crippen molar-refractivity contribution in [3.05, 3.63) is 82.4 Å². The van der Waals surface area contributed by atoms with Crippen molar-refractivity contribution in [1.29, 1.82) is 0 Å². The van der Waals surface area contributed by atoms with Crippen LogP contribution in [-0.4, -0.2) is 26.7 Å². The average Bonchev–Trinajstić information content (AvgIpc) is 3.17. The molecule has 0 aliphatic carbocycles. The molecule has 4 rings (SSSR count). The van der Waals surface area contributed by atoms with Crippen molar-refractivity contribution in [2.24, 2.45) is 0 Å². The second kappa shape index (κ2) is 8.42. The van der Waals surface area contributed by atoms with Crippen LogP contribution in [0.15, 0.2) is 71.8 Å². The molecule has 2 aromatic carbocycles. The lowest BCUT2D eigenvalue weighted by atomic mass is 10.1. The maximum Gasteiger partial charge on any atom is 0.277 e. The molecule has 0 saturated heterocycles. The van der Waals surface area contributed by atoms with Crippen LogP contribution < -0.4 is 15.6 Å². The van der Waals surface area contributed by atoms with Gasteiger partial charge in [0.1, 0.15) is 17.8 Å². The second-order valence-electron chi connectivity index (χ2n) is 6.57. The summed E-state index contributed by atoms with van der Waals surface area (Å²) in [5.41, 5.74) is 2.13. The Hall–Kier alpha value is -3.58. The number of halogens is 1. The van der Waals surface area contributed by atoms with Gasteiger partial charge in [0.2, 0.25) is 5.91 Å². The minimum absolute atomic E-state index is 0.128. The normalized spacial score (nSPS) is 10.9. The number of nitrogens with one attached hydrogen (secondary N) is 1. The van der Waals surface area contributed by atoms with Crippen LogP contribution in [0, 0.1) is 0 Å². The van der Waals surface area contributed by atoms with Gasteiger partial charge < -0.3 is 14.6 Å². The van der Waals surface area contributed by atoms with Gasteiger partial charge in [0, 0.05) is 23.0 Å². The number of rotatable bonds is 6. The maximum atomic E-state index is 12.9. The number of carbonyl (C=O) groups is 1. The van der Waals surface area contributed by atoms with Crippen LogP contribution >= 0.6 is 11.6 Å². The Balaban J connectivity index is 1.57. The highest BCUT2D eigenvalue weighted by molar-refractivity contribution is 6.30. The molecule has 0 saturated carbocycles. The molecule has 0 radical (unpaired) electrons. The van der Waals surface area contributed by atoms with Crippen molar-refractivity contribution in [2.45, 2.75) is 13.5 Å². The summed E-state index contributed by atoms with van der Waals surface area (Å²) in [6.07, 6.45) is 3.19. The Labute approximate surface area is 177 Å². The SMILES string of the molecule is CCOc1ccccc1NC(=O)Cn1ccn2nc(-c3ccc(Cl)cc3)cc2c1=O. The molecule has 2 heterocycles. The number of amides is 1. The zero-order valence-corrected chi connectivity index (χ0v) is 17.0. The minimum atomic E-state index is -0.328. The molecule has 4 aromatic rings. The molecule has 0 aliphatic rings. The van der Waals surface area contributed by atoms with Crippen molar-refractivity contribution in [3.8, 4) is 17.0 Å². The molecule has 0 spiro atoms. The third-order valence-electron chi connectivity index (χ3n) is 4.52. The lowest BCUT2D eigenvalue weighted by molar-refractivity contribution is -0.116. The Bertz CT molecular complexity index is 1260. The van der Waals surface area contributed by atoms with Crippen molar-refractivity contribution in [2.75, 3.05) is 11.9 Å². The van der Waals surface area contributed by atoms with Gasteiger partial charge in [0.05, 0.1) is 18.0 Å². The van der Waals surface area contributed by atoms with Crippen molar-refractivity contribution < 1.29 is 9.53 Å². The zero-order valence-electron chi connectivity index (χ0n) is 16.2. The van der Waals surface area contributed by atoms with Gasteiger partial charge in [-0.25, -0.2) is 4.52 Å². The molecular weight excluding hydrogens is 404 g/mol. The smallest absolute Gasteiger partial charge is 0.277 e. The molecule has 30 heavy (non-hydrogen) atoms. The van der Waals surface area contributed by atoms with Gasteiger partial charge in [-0.05, 0) is 37.3 Å². The van der Waals surface area contributed by atoms with Crippen LogP contribution in [-0.2, 0) is 11.3 Å². The van der Waals surface area contributed by atoms with E-state index in [9.17, 15) is 9.59 Å². The molecule has 152 valence electrons. The van der Waals surface area contributed by atoms with Crippen LogP contribution in [0.1, 0.15) is 6.92 Å². The number of fused-ring (bicyclic) bond motifs is 1. The molecule has 0 aliphatic heterocycles. The van der Waals surface area contributed by atoms with E-state index >= 15 is 0 Å². The number of benzene rings is 2. The van der Waals surface area contributed by atoms with E-state index in [0.29, 0.717) is 34.3 Å². The van der Waals surface area contributed by atoms with Gasteiger partial charge in [-0.2, -0.15) is 5.10 Å². The Morgan fingerprint density at radius 2 is 1.90 bits per heavy atom. The first-order chi connectivity index (χ1) is 14.5. The number of nitrogens with zero attached hydrogens (tertiary/aromatic N) is 3. The molecule has 8 heteroatoms. The summed E-state index contributed by atoms with van der Waals surface area (Å²) in [6, 6.07) is 16.1. The number of hydrogen-bond acceptors (Lipinski definition) is 4. The number of anilines is 1. The highest BCUT2D eigenvalue weighted by atomic mass is 35.5. The van der Waals surface area contributed by atoms with E-state index in [4.69, 9.17) is 16.3 Å². The average molecular weight is 423 g/mol. The molecular formula is C22H19ClN4O3. The number of aromatic nitrogens is 3. The third-order valence-corrected chi connectivity index (χ3v) is 4.77. The van der Waals surface area contributed by atoms with Crippen LogP contribution in [0.25, 0.3) is 16.8 Å². The van der Waals surface area contributed by atoms with Crippen LogP contribution in [0.5, 0.6) is 5.75 Å². The summed E-state index contributed by atoms with van der Waals surface area (Å²) in [4.78, 5) is 25.4. The summed E-state index contributed by atoms with van der Waals surface area (Å²) in [5, 5.41) is 7.86. The van der Waals surface area contributed by atoms with E-state index in [0.717, 1.165) is 5.56 Å². The number of ether oxygens (including phenoxy) is 1. The van der Waals surface area contributed by atoms with Gasteiger partial charge in [-0.15, -0.1) is 0 Å². The predicted molar refractivity (Wildman–Crippen MR) is 116 cm³/mol. The molecule has 0 atom stereocenters. The van der Waals surface area contributed by atoms with Gasteiger partial charge in [0.15, 0.2) is 0 Å². The maximum absolute atomic E-state index is 12.9. The van der Waals surface area contributed by atoms with Crippen molar-refractivity contribution in [3.63, 3.8) is 0 Å². The molecule has 0 fully saturated rings. The standard InChI is InChI=1S/C22H19ClN4O3/c1-2-30-20-6-4-3-5-17(20)24-21(28)14-26-11-12-27-19(22(26)29)13-18(25-27)15-7-9-16(23)10-8-15/h3-13H,2,14H2,1H3,(H,24,28). The fraction of sp³-hybridized carbons (Fsp3) is 0.136. The lowest BCUT2D eigenvalue weighted by Gasteiger charge is -2.12. The summed E-state index contributed by atoms with van der Waals surface area (Å²) < 4.78 is 8.37. The first kappa shape index (κ1) is 19.7. The van der Waals surface area contributed by atoms with Gasteiger partial charge in [-0.3, -0.25) is 9.59 Å². The van der Waals surface area contributed by atoms with Gasteiger partial charge in [-0.1, -0.05) is 35.9 Å². The summed E-state index contributed by atoms with van der Waals surface area (Å²) in [6.45, 7) is 2.23. The van der Waals surface area contributed by atoms with E-state index in [1.54, 1.807) is 48.8 Å². The Morgan fingerprint density at radius 3 is 2.67 bits per heavy atom. The molecule has 1 amide bonds. The Kier molecular flexibility index (Phi) is 5.54. The van der Waals surface area contributed by atoms with Gasteiger partial charge in [0.25, 0.3) is 5.56 Å². The molecule has 7 nitrogen and oxygen atoms in total. The number of carbonyl (C=O) groups excluding carboxylic acids is 1. The summed E-state index contributed by atoms with van der Waals surface area (Å²) >= 11 is 5.93. The minimum Gasteiger partial charge on any atom is -0.492 e. The Morgan fingerprint density at radius 1 is 1.13 bits per heavy atom. The lowest BCUT2D eigenvalue weighted by Crippen LogP contribution is -2.28. The number of para-hydroxylation sites is 2. The first-order valence-corrected chi connectivity index (χ1v) is 9.79. The van der Waals surface area contributed by atoms with Gasteiger partial charge >= 0.3 is 0 Å². The van der Waals surface area contributed by atoms with E-state index in [2.05, 4.69) is 10.4 Å². The predicted octanol–water partition coefficient (Wildman–Crippen LogP) is 3.85. The van der Waals surface area contributed by atoms with Crippen LogP contribution in [0.3, 0.4) is 0 Å². The fourth-order valence-electron chi connectivity index (χ4n) is 3.11. The summed E-state index contributed by atoms with van der Waals surface area (Å²) in [7, 11) is 0. The molecule has 1 N–H and O–H groups in total. The second-order valence-corrected chi connectivity index (χ2v) is 7.01. The van der Waals surface area contributed by atoms with Crippen LogP contribution in [0.4, 0.5) is 5.69 Å². The quantitative estimate of drug-likeness (QED) is 0.512. The molecule has 0 unspecified atom stereocenters.